The SMILES string of the molecule is CN(/N=C\c1ccc(C(=O)[O-])cc1)c1ccccc1. The second-order valence-corrected chi connectivity index (χ2v) is 4.01. The summed E-state index contributed by atoms with van der Waals surface area (Å²) in [5.41, 5.74) is 1.96. The number of carboxylic acid groups (broad SMARTS) is 1. The van der Waals surface area contributed by atoms with E-state index in [9.17, 15) is 9.90 Å². The molecule has 0 fully saturated rings. The average molecular weight is 253 g/mol. The number of hydrogen-bond donors (Lipinski definition) is 0. The van der Waals surface area contributed by atoms with Crippen LogP contribution in [0.25, 0.3) is 0 Å². The maximum atomic E-state index is 10.6. The van der Waals surface area contributed by atoms with Gasteiger partial charge >= 0.3 is 0 Å². The second kappa shape index (κ2) is 5.82. The lowest BCUT2D eigenvalue weighted by molar-refractivity contribution is -0.255. The number of nitrogens with zero attached hydrogens (tertiary/aromatic N) is 2. The zero-order chi connectivity index (χ0) is 13.7. The summed E-state index contributed by atoms with van der Waals surface area (Å²) in [6, 6.07) is 16.1. The number of carbonyl (C=O) groups is 1. The van der Waals surface area contributed by atoms with Crippen LogP contribution in [0.2, 0.25) is 0 Å². The highest BCUT2D eigenvalue weighted by Crippen LogP contribution is 2.11. The predicted molar refractivity (Wildman–Crippen MR) is 73.2 cm³/mol. The summed E-state index contributed by atoms with van der Waals surface area (Å²) in [5.74, 6) is -1.18. The van der Waals surface area contributed by atoms with E-state index in [1.807, 2.05) is 37.4 Å². The first-order chi connectivity index (χ1) is 9.16. The Morgan fingerprint density at radius 2 is 1.74 bits per heavy atom. The quantitative estimate of drug-likeness (QED) is 0.613. The first-order valence-electron chi connectivity index (χ1n) is 5.81. The standard InChI is InChI=1S/C15H14N2O2/c1-17(14-5-3-2-4-6-14)16-11-12-7-9-13(10-8-12)15(18)19/h2-11H,1H3,(H,18,19)/p-1/b16-11-. The fourth-order valence-electron chi connectivity index (χ4n) is 1.57. The van der Waals surface area contributed by atoms with Crippen LogP contribution < -0.4 is 10.1 Å². The Morgan fingerprint density at radius 1 is 1.11 bits per heavy atom. The van der Waals surface area contributed by atoms with Gasteiger partial charge in [0.2, 0.25) is 0 Å². The molecule has 0 aliphatic rings. The summed E-state index contributed by atoms with van der Waals surface area (Å²) in [4.78, 5) is 10.6. The topological polar surface area (TPSA) is 55.7 Å². The minimum Gasteiger partial charge on any atom is -0.545 e. The second-order valence-electron chi connectivity index (χ2n) is 4.01. The van der Waals surface area contributed by atoms with Gasteiger partial charge in [0.1, 0.15) is 0 Å². The third-order valence-corrected chi connectivity index (χ3v) is 2.66. The van der Waals surface area contributed by atoms with Crippen LogP contribution in [0.3, 0.4) is 0 Å². The molecule has 2 aromatic carbocycles. The number of rotatable bonds is 4. The monoisotopic (exact) mass is 253 g/mol. The van der Waals surface area contributed by atoms with Gasteiger partial charge in [-0.15, -0.1) is 0 Å². The maximum Gasteiger partial charge on any atom is 0.0715 e. The summed E-state index contributed by atoms with van der Waals surface area (Å²) in [6.07, 6.45) is 1.67. The summed E-state index contributed by atoms with van der Waals surface area (Å²) in [5, 5.41) is 16.6. The van der Waals surface area contributed by atoms with E-state index in [4.69, 9.17) is 0 Å². The highest BCUT2D eigenvalue weighted by Gasteiger charge is 1.96. The Bertz CT molecular complexity index is 577. The first kappa shape index (κ1) is 12.8. The lowest BCUT2D eigenvalue weighted by atomic mass is 10.1. The Labute approximate surface area is 111 Å². The Morgan fingerprint density at radius 3 is 2.32 bits per heavy atom. The average Bonchev–Trinajstić information content (AvgIpc) is 2.46. The molecule has 4 heteroatoms. The molecule has 2 rings (SSSR count). The lowest BCUT2D eigenvalue weighted by Crippen LogP contribution is -2.22. The summed E-state index contributed by atoms with van der Waals surface area (Å²) < 4.78 is 0. The van der Waals surface area contributed by atoms with Crippen molar-refractivity contribution in [3.05, 3.63) is 65.7 Å². The molecular weight excluding hydrogens is 240 g/mol. The lowest BCUT2D eigenvalue weighted by Gasteiger charge is -2.12. The maximum absolute atomic E-state index is 10.6. The smallest absolute Gasteiger partial charge is 0.0715 e. The molecule has 0 atom stereocenters. The van der Waals surface area contributed by atoms with Crippen molar-refractivity contribution in [2.45, 2.75) is 0 Å². The predicted octanol–water partition coefficient (Wildman–Crippen LogP) is 1.52. The van der Waals surface area contributed by atoms with Crippen molar-refractivity contribution in [1.82, 2.24) is 0 Å². The van der Waals surface area contributed by atoms with E-state index in [2.05, 4.69) is 5.10 Å². The van der Waals surface area contributed by atoms with Crippen molar-refractivity contribution >= 4 is 17.9 Å². The molecule has 0 saturated carbocycles. The van der Waals surface area contributed by atoms with E-state index >= 15 is 0 Å². The molecular formula is C15H13N2O2-. The van der Waals surface area contributed by atoms with Gasteiger partial charge in [0, 0.05) is 7.05 Å². The van der Waals surface area contributed by atoms with Gasteiger partial charge in [0.15, 0.2) is 0 Å². The van der Waals surface area contributed by atoms with Crippen LogP contribution in [-0.2, 0) is 0 Å². The number of hydrazone groups is 1. The molecule has 0 saturated heterocycles. The van der Waals surface area contributed by atoms with E-state index in [0.717, 1.165) is 11.3 Å². The van der Waals surface area contributed by atoms with Crippen LogP contribution in [0.1, 0.15) is 15.9 Å². The molecule has 0 spiro atoms. The van der Waals surface area contributed by atoms with E-state index in [1.165, 1.54) is 12.1 Å². The van der Waals surface area contributed by atoms with Crippen LogP contribution in [0, 0.1) is 0 Å². The molecule has 0 N–H and O–H groups in total. The van der Waals surface area contributed by atoms with Crippen molar-refractivity contribution in [3.8, 4) is 0 Å². The van der Waals surface area contributed by atoms with Gasteiger partial charge in [0.05, 0.1) is 17.9 Å². The molecule has 0 amide bonds. The molecule has 0 aromatic heterocycles. The van der Waals surface area contributed by atoms with Gasteiger partial charge in [-0.2, -0.15) is 5.10 Å². The van der Waals surface area contributed by atoms with Crippen LogP contribution in [0.15, 0.2) is 59.7 Å². The van der Waals surface area contributed by atoms with E-state index in [-0.39, 0.29) is 5.56 Å². The Balaban J connectivity index is 2.08. The summed E-state index contributed by atoms with van der Waals surface area (Å²) in [7, 11) is 1.85. The Kier molecular flexibility index (Phi) is 3.93. The number of aromatic carboxylic acids is 1. The van der Waals surface area contributed by atoms with E-state index in [0.29, 0.717) is 0 Å². The number of para-hydroxylation sites is 1. The van der Waals surface area contributed by atoms with Crippen molar-refractivity contribution in [2.24, 2.45) is 5.10 Å². The molecule has 4 nitrogen and oxygen atoms in total. The zero-order valence-electron chi connectivity index (χ0n) is 10.5. The van der Waals surface area contributed by atoms with Crippen LogP contribution in [0.5, 0.6) is 0 Å². The molecule has 19 heavy (non-hydrogen) atoms. The molecule has 0 heterocycles. The largest absolute Gasteiger partial charge is 0.545 e. The van der Waals surface area contributed by atoms with Crippen molar-refractivity contribution in [1.29, 1.82) is 0 Å². The van der Waals surface area contributed by atoms with Crippen LogP contribution in [0.4, 0.5) is 5.69 Å². The summed E-state index contributed by atoms with van der Waals surface area (Å²) >= 11 is 0. The fraction of sp³-hybridized carbons (Fsp3) is 0.0667. The first-order valence-corrected chi connectivity index (χ1v) is 5.81. The van der Waals surface area contributed by atoms with Gasteiger partial charge in [0.25, 0.3) is 0 Å². The van der Waals surface area contributed by atoms with Gasteiger partial charge < -0.3 is 9.90 Å². The number of hydrogen-bond acceptors (Lipinski definition) is 4. The minimum atomic E-state index is -1.18. The molecule has 0 aliphatic heterocycles. The van der Waals surface area contributed by atoms with Crippen molar-refractivity contribution < 1.29 is 9.90 Å². The van der Waals surface area contributed by atoms with E-state index < -0.39 is 5.97 Å². The fourth-order valence-corrected chi connectivity index (χ4v) is 1.57. The van der Waals surface area contributed by atoms with Crippen molar-refractivity contribution in [3.63, 3.8) is 0 Å². The molecule has 0 radical (unpaired) electrons. The highest BCUT2D eigenvalue weighted by atomic mass is 16.4. The number of carboxylic acids is 1. The van der Waals surface area contributed by atoms with Crippen LogP contribution >= 0.6 is 0 Å². The molecule has 0 unspecified atom stereocenters. The molecule has 2 aromatic rings. The molecule has 0 aliphatic carbocycles. The molecule has 0 bridgehead atoms. The van der Waals surface area contributed by atoms with Gasteiger partial charge in [-0.3, -0.25) is 5.01 Å². The molecule has 96 valence electrons. The van der Waals surface area contributed by atoms with Gasteiger partial charge in [-0.05, 0) is 23.3 Å². The van der Waals surface area contributed by atoms with Gasteiger partial charge in [-0.1, -0.05) is 42.5 Å². The number of benzene rings is 2. The normalized spacial score (nSPS) is 10.6. The van der Waals surface area contributed by atoms with Crippen LogP contribution in [-0.4, -0.2) is 19.2 Å². The minimum absolute atomic E-state index is 0.161. The zero-order valence-corrected chi connectivity index (χ0v) is 10.5. The summed E-state index contributed by atoms with van der Waals surface area (Å²) in [6.45, 7) is 0. The van der Waals surface area contributed by atoms with Crippen molar-refractivity contribution in [2.75, 3.05) is 12.1 Å². The van der Waals surface area contributed by atoms with Gasteiger partial charge in [-0.25, -0.2) is 0 Å². The van der Waals surface area contributed by atoms with E-state index in [1.54, 1.807) is 23.4 Å². The number of carbonyl (C=O) groups excluding carboxylic acids is 1. The number of anilines is 1. The Hall–Kier alpha value is -2.62. The third kappa shape index (κ3) is 3.42. The highest BCUT2D eigenvalue weighted by molar-refractivity contribution is 5.88. The third-order valence-electron chi connectivity index (χ3n) is 2.66.